The fraction of sp³-hybridized carbons (Fsp3) is 0.375. The van der Waals surface area contributed by atoms with Gasteiger partial charge in [-0.15, -0.1) is 11.3 Å². The summed E-state index contributed by atoms with van der Waals surface area (Å²) in [7, 11) is 1.71. The molecule has 118 valence electrons. The number of aryl methyl sites for hydroxylation is 2. The number of aromatic nitrogens is 1. The first-order chi connectivity index (χ1) is 10.7. The second-order valence-electron chi connectivity index (χ2n) is 4.93. The molecule has 2 aromatic rings. The van der Waals surface area contributed by atoms with Crippen LogP contribution in [0.3, 0.4) is 0 Å². The van der Waals surface area contributed by atoms with Crippen LogP contribution in [0.2, 0.25) is 0 Å². The van der Waals surface area contributed by atoms with E-state index < -0.39 is 0 Å². The maximum atomic E-state index is 13.5. The Hall–Kier alpha value is -1.95. The second-order valence-corrected chi connectivity index (χ2v) is 5.87. The second kappa shape index (κ2) is 8.48. The van der Waals surface area contributed by atoms with Crippen molar-refractivity contribution in [1.82, 2.24) is 15.6 Å². The van der Waals surface area contributed by atoms with E-state index in [0.717, 1.165) is 30.1 Å². The fourth-order valence-electron chi connectivity index (χ4n) is 2.01. The first kappa shape index (κ1) is 16.4. The van der Waals surface area contributed by atoms with Crippen molar-refractivity contribution in [3.8, 4) is 0 Å². The summed E-state index contributed by atoms with van der Waals surface area (Å²) in [6, 6.07) is 6.74. The summed E-state index contributed by atoms with van der Waals surface area (Å²) in [6.07, 6.45) is 1.93. The molecular formula is C16H21FN4S. The Morgan fingerprint density at radius 2 is 2.14 bits per heavy atom. The summed E-state index contributed by atoms with van der Waals surface area (Å²) in [6.45, 7) is 3.22. The predicted molar refractivity (Wildman–Crippen MR) is 89.8 cm³/mol. The normalized spacial score (nSPS) is 11.5. The number of aliphatic imine (C=N–C) groups is 1. The van der Waals surface area contributed by atoms with E-state index in [9.17, 15) is 4.39 Å². The van der Waals surface area contributed by atoms with Gasteiger partial charge in [0.2, 0.25) is 0 Å². The van der Waals surface area contributed by atoms with Crippen LogP contribution in [0, 0.1) is 12.7 Å². The molecule has 0 spiro atoms. The minimum atomic E-state index is -0.204. The lowest BCUT2D eigenvalue weighted by Crippen LogP contribution is -2.37. The molecule has 6 heteroatoms. The molecule has 0 radical (unpaired) electrons. The Labute approximate surface area is 134 Å². The third kappa shape index (κ3) is 5.11. The summed E-state index contributed by atoms with van der Waals surface area (Å²) >= 11 is 1.70. The van der Waals surface area contributed by atoms with Crippen LogP contribution in [0.25, 0.3) is 0 Å². The number of rotatable bonds is 6. The van der Waals surface area contributed by atoms with Gasteiger partial charge in [-0.1, -0.05) is 18.2 Å². The Kier molecular flexibility index (Phi) is 6.33. The summed E-state index contributed by atoms with van der Waals surface area (Å²) in [5, 5.41) is 9.57. The van der Waals surface area contributed by atoms with E-state index in [2.05, 4.69) is 26.0 Å². The van der Waals surface area contributed by atoms with Crippen LogP contribution in [0.5, 0.6) is 0 Å². The van der Waals surface area contributed by atoms with Crippen molar-refractivity contribution < 1.29 is 4.39 Å². The van der Waals surface area contributed by atoms with E-state index in [0.29, 0.717) is 18.1 Å². The predicted octanol–water partition coefficient (Wildman–Crippen LogP) is 2.89. The third-order valence-corrected chi connectivity index (χ3v) is 4.18. The van der Waals surface area contributed by atoms with Gasteiger partial charge in [0.25, 0.3) is 0 Å². The smallest absolute Gasteiger partial charge is 0.191 e. The number of nitrogens with one attached hydrogen (secondary N) is 2. The lowest BCUT2D eigenvalue weighted by atomic mass is 10.2. The van der Waals surface area contributed by atoms with Crippen molar-refractivity contribution in [3.05, 3.63) is 51.7 Å². The molecule has 0 unspecified atom stereocenters. The van der Waals surface area contributed by atoms with E-state index in [1.165, 1.54) is 6.07 Å². The van der Waals surface area contributed by atoms with Crippen molar-refractivity contribution in [2.24, 2.45) is 4.99 Å². The number of hydrogen-bond acceptors (Lipinski definition) is 3. The van der Waals surface area contributed by atoms with Gasteiger partial charge in [0.1, 0.15) is 5.82 Å². The van der Waals surface area contributed by atoms with Crippen molar-refractivity contribution >= 4 is 17.3 Å². The quantitative estimate of drug-likeness (QED) is 0.489. The molecule has 0 fully saturated rings. The molecule has 2 N–H and O–H groups in total. The average molecular weight is 320 g/mol. The van der Waals surface area contributed by atoms with Crippen LogP contribution < -0.4 is 10.6 Å². The molecule has 4 nitrogen and oxygen atoms in total. The molecule has 22 heavy (non-hydrogen) atoms. The SMILES string of the molecule is CN=C(NCCCc1nc(C)cs1)NCc1ccccc1F. The van der Waals surface area contributed by atoms with Gasteiger partial charge in [-0.3, -0.25) is 4.99 Å². The van der Waals surface area contributed by atoms with E-state index in [1.807, 2.05) is 13.0 Å². The van der Waals surface area contributed by atoms with Crippen molar-refractivity contribution in [3.63, 3.8) is 0 Å². The molecule has 1 aromatic heterocycles. The molecule has 0 amide bonds. The Morgan fingerprint density at radius 1 is 1.32 bits per heavy atom. The zero-order valence-electron chi connectivity index (χ0n) is 12.9. The summed E-state index contributed by atoms with van der Waals surface area (Å²) in [5.74, 6) is 0.475. The number of hydrogen-bond donors (Lipinski definition) is 2. The number of halogens is 1. The van der Waals surface area contributed by atoms with Gasteiger partial charge in [-0.2, -0.15) is 0 Å². The molecule has 2 rings (SSSR count). The summed E-state index contributed by atoms with van der Waals surface area (Å²) in [4.78, 5) is 8.58. The van der Waals surface area contributed by atoms with Gasteiger partial charge in [0, 0.05) is 43.2 Å². The van der Waals surface area contributed by atoms with Crippen molar-refractivity contribution in [2.45, 2.75) is 26.3 Å². The average Bonchev–Trinajstić information content (AvgIpc) is 2.93. The topological polar surface area (TPSA) is 49.3 Å². The van der Waals surface area contributed by atoms with E-state index in [1.54, 1.807) is 30.5 Å². The number of guanidine groups is 1. The summed E-state index contributed by atoms with van der Waals surface area (Å²) < 4.78 is 13.5. The van der Waals surface area contributed by atoms with Crippen LogP contribution in [0.15, 0.2) is 34.6 Å². The number of benzene rings is 1. The molecule has 0 saturated heterocycles. The molecule has 0 aliphatic carbocycles. The van der Waals surface area contributed by atoms with Crippen LogP contribution in [-0.4, -0.2) is 24.5 Å². The molecular weight excluding hydrogens is 299 g/mol. The van der Waals surface area contributed by atoms with E-state index in [4.69, 9.17) is 0 Å². The van der Waals surface area contributed by atoms with Gasteiger partial charge in [-0.25, -0.2) is 9.37 Å². The van der Waals surface area contributed by atoms with Crippen LogP contribution in [0.1, 0.15) is 22.7 Å². The minimum absolute atomic E-state index is 0.204. The van der Waals surface area contributed by atoms with Gasteiger partial charge < -0.3 is 10.6 Å². The molecule has 1 heterocycles. The molecule has 0 atom stereocenters. The van der Waals surface area contributed by atoms with Gasteiger partial charge in [0.05, 0.1) is 5.01 Å². The maximum absolute atomic E-state index is 13.5. The minimum Gasteiger partial charge on any atom is -0.356 e. The lowest BCUT2D eigenvalue weighted by molar-refractivity contribution is 0.604. The standard InChI is InChI=1S/C16H21FN4S/c1-12-11-22-15(21-12)8-5-9-19-16(18-2)20-10-13-6-3-4-7-14(13)17/h3-4,6-7,11H,5,8-10H2,1-2H3,(H2,18,19,20). The van der Waals surface area contributed by atoms with Crippen molar-refractivity contribution in [1.29, 1.82) is 0 Å². The number of thiazole rings is 1. The zero-order chi connectivity index (χ0) is 15.8. The Balaban J connectivity index is 1.70. The van der Waals surface area contributed by atoms with Crippen LogP contribution >= 0.6 is 11.3 Å². The highest BCUT2D eigenvalue weighted by molar-refractivity contribution is 7.09. The first-order valence-corrected chi connectivity index (χ1v) is 8.16. The Morgan fingerprint density at radius 3 is 2.82 bits per heavy atom. The number of nitrogens with zero attached hydrogens (tertiary/aromatic N) is 2. The van der Waals surface area contributed by atoms with Gasteiger partial charge in [-0.05, 0) is 19.4 Å². The largest absolute Gasteiger partial charge is 0.356 e. The monoisotopic (exact) mass is 320 g/mol. The molecule has 0 aliphatic heterocycles. The molecule has 0 bridgehead atoms. The zero-order valence-corrected chi connectivity index (χ0v) is 13.7. The highest BCUT2D eigenvalue weighted by Crippen LogP contribution is 2.10. The lowest BCUT2D eigenvalue weighted by Gasteiger charge is -2.12. The third-order valence-electron chi connectivity index (χ3n) is 3.15. The summed E-state index contributed by atoms with van der Waals surface area (Å²) in [5.41, 5.74) is 1.71. The van der Waals surface area contributed by atoms with Gasteiger partial charge in [0.15, 0.2) is 5.96 Å². The van der Waals surface area contributed by atoms with E-state index >= 15 is 0 Å². The highest BCUT2D eigenvalue weighted by Gasteiger charge is 2.03. The van der Waals surface area contributed by atoms with Crippen LogP contribution in [0.4, 0.5) is 4.39 Å². The van der Waals surface area contributed by atoms with Crippen molar-refractivity contribution in [2.75, 3.05) is 13.6 Å². The fourth-order valence-corrected chi connectivity index (χ4v) is 2.82. The van der Waals surface area contributed by atoms with E-state index in [-0.39, 0.29) is 5.82 Å². The Bertz CT molecular complexity index is 624. The highest BCUT2D eigenvalue weighted by atomic mass is 32.1. The first-order valence-electron chi connectivity index (χ1n) is 7.28. The van der Waals surface area contributed by atoms with Crippen LogP contribution in [-0.2, 0) is 13.0 Å². The maximum Gasteiger partial charge on any atom is 0.191 e. The molecule has 1 aromatic carbocycles. The van der Waals surface area contributed by atoms with Gasteiger partial charge >= 0.3 is 0 Å². The molecule has 0 aliphatic rings. The molecule has 0 saturated carbocycles.